The Balaban J connectivity index is 1.57. The van der Waals surface area contributed by atoms with Gasteiger partial charge in [-0.05, 0) is 55.3 Å². The number of hydrogen-bond acceptors (Lipinski definition) is 5. The third kappa shape index (κ3) is 3.56. The normalized spacial score (nSPS) is 17.5. The predicted molar refractivity (Wildman–Crippen MR) is 113 cm³/mol. The molecule has 0 unspecified atom stereocenters. The van der Waals surface area contributed by atoms with Gasteiger partial charge in [-0.2, -0.15) is 4.31 Å². The molecule has 1 saturated heterocycles. The van der Waals surface area contributed by atoms with E-state index in [0.29, 0.717) is 18.8 Å². The highest BCUT2D eigenvalue weighted by molar-refractivity contribution is 7.89. The van der Waals surface area contributed by atoms with Crippen LogP contribution in [0.3, 0.4) is 0 Å². The van der Waals surface area contributed by atoms with E-state index in [1.807, 2.05) is 18.2 Å². The van der Waals surface area contributed by atoms with E-state index in [4.69, 9.17) is 0 Å². The first-order chi connectivity index (χ1) is 13.5. The van der Waals surface area contributed by atoms with Gasteiger partial charge in [0.15, 0.2) is 0 Å². The molecule has 1 amide bonds. The van der Waals surface area contributed by atoms with Gasteiger partial charge < -0.3 is 10.2 Å². The predicted octanol–water partition coefficient (Wildman–Crippen LogP) is 3.56. The minimum Gasteiger partial charge on any atom is -0.371 e. The van der Waals surface area contributed by atoms with Gasteiger partial charge in [-0.3, -0.25) is 4.79 Å². The zero-order chi connectivity index (χ0) is 19.7. The van der Waals surface area contributed by atoms with E-state index >= 15 is 0 Å². The lowest BCUT2D eigenvalue weighted by molar-refractivity contribution is 0.102. The molecule has 0 aliphatic carbocycles. The van der Waals surface area contributed by atoms with Gasteiger partial charge >= 0.3 is 0 Å². The lowest BCUT2D eigenvalue weighted by Gasteiger charge is -2.25. The highest BCUT2D eigenvalue weighted by Crippen LogP contribution is 2.32. The van der Waals surface area contributed by atoms with E-state index in [1.54, 1.807) is 11.4 Å². The molecule has 3 heterocycles. The number of amides is 1. The van der Waals surface area contributed by atoms with Crippen molar-refractivity contribution < 1.29 is 13.2 Å². The number of fused-ring (bicyclic) bond motifs is 1. The second kappa shape index (κ2) is 7.85. The Morgan fingerprint density at radius 1 is 1.14 bits per heavy atom. The Bertz CT molecular complexity index is 978. The van der Waals surface area contributed by atoms with Gasteiger partial charge in [-0.15, -0.1) is 11.3 Å². The Kier molecular flexibility index (Phi) is 5.44. The molecule has 1 N–H and O–H groups in total. The van der Waals surface area contributed by atoms with Crippen molar-refractivity contribution in [1.82, 2.24) is 4.31 Å². The molecule has 28 heavy (non-hydrogen) atoms. The molecule has 8 heteroatoms. The number of piperidine rings is 1. The summed E-state index contributed by atoms with van der Waals surface area (Å²) in [5.41, 5.74) is 3.12. The van der Waals surface area contributed by atoms with Crippen LogP contribution in [-0.2, 0) is 16.4 Å². The molecular formula is C20H25N3O3S2. The van der Waals surface area contributed by atoms with E-state index in [9.17, 15) is 13.2 Å². The number of nitrogens with zero attached hydrogens (tertiary/aromatic N) is 2. The summed E-state index contributed by atoms with van der Waals surface area (Å²) in [5, 5.41) is 4.57. The molecule has 1 aromatic carbocycles. The summed E-state index contributed by atoms with van der Waals surface area (Å²) < 4.78 is 27.5. The van der Waals surface area contributed by atoms with Crippen LogP contribution in [0.25, 0.3) is 0 Å². The van der Waals surface area contributed by atoms with Gasteiger partial charge in [0.05, 0.1) is 0 Å². The highest BCUT2D eigenvalue weighted by atomic mass is 32.2. The lowest BCUT2D eigenvalue weighted by Crippen LogP contribution is -2.36. The summed E-state index contributed by atoms with van der Waals surface area (Å²) >= 11 is 1.17. The number of likely N-dealkylation sites (N-methyl/N-ethyl adjacent to an activating group) is 1. The minimum atomic E-state index is -3.63. The molecule has 0 spiro atoms. The maximum absolute atomic E-state index is 13.0. The first-order valence-electron chi connectivity index (χ1n) is 9.77. The number of thiophene rings is 1. The molecule has 0 radical (unpaired) electrons. The Morgan fingerprint density at radius 3 is 2.68 bits per heavy atom. The highest BCUT2D eigenvalue weighted by Gasteiger charge is 2.31. The lowest BCUT2D eigenvalue weighted by atomic mass is 10.1. The van der Waals surface area contributed by atoms with E-state index in [2.05, 4.69) is 17.1 Å². The van der Waals surface area contributed by atoms with Crippen LogP contribution >= 0.6 is 11.3 Å². The number of carbonyl (C=O) groups excluding carboxylic acids is 1. The maximum Gasteiger partial charge on any atom is 0.267 e. The summed E-state index contributed by atoms with van der Waals surface area (Å²) in [6.45, 7) is 5.08. The van der Waals surface area contributed by atoms with Gasteiger partial charge in [0, 0.05) is 37.6 Å². The van der Waals surface area contributed by atoms with Gasteiger partial charge in [-0.1, -0.05) is 12.5 Å². The third-order valence-electron chi connectivity index (χ3n) is 5.48. The molecule has 2 aromatic rings. The molecule has 0 atom stereocenters. The van der Waals surface area contributed by atoms with Crippen molar-refractivity contribution in [3.05, 3.63) is 40.1 Å². The molecule has 4 rings (SSSR count). The molecule has 150 valence electrons. The summed E-state index contributed by atoms with van der Waals surface area (Å²) in [6.07, 6.45) is 3.80. The minimum absolute atomic E-state index is 0.119. The average Bonchev–Trinajstić information content (AvgIpc) is 3.36. The number of rotatable bonds is 5. The fourth-order valence-electron chi connectivity index (χ4n) is 3.95. The second-order valence-corrected chi connectivity index (χ2v) is 10.0. The maximum atomic E-state index is 13.0. The quantitative estimate of drug-likeness (QED) is 0.805. The largest absolute Gasteiger partial charge is 0.371 e. The monoisotopic (exact) mass is 419 g/mol. The van der Waals surface area contributed by atoms with Gasteiger partial charge in [0.25, 0.3) is 5.91 Å². The Labute approximate surface area is 170 Å². The van der Waals surface area contributed by atoms with Crippen LogP contribution in [0.5, 0.6) is 0 Å². The second-order valence-electron chi connectivity index (χ2n) is 7.21. The number of anilines is 2. The molecular weight excluding hydrogens is 394 g/mol. The van der Waals surface area contributed by atoms with Crippen LogP contribution in [0, 0.1) is 0 Å². The molecule has 0 saturated carbocycles. The topological polar surface area (TPSA) is 69.7 Å². The van der Waals surface area contributed by atoms with Crippen LogP contribution in [0.15, 0.2) is 34.5 Å². The van der Waals surface area contributed by atoms with Crippen molar-refractivity contribution >= 4 is 38.6 Å². The molecule has 1 fully saturated rings. The molecule has 1 aromatic heterocycles. The standard InChI is InChI=1S/C20H25N3O3S2/c1-2-22-12-8-15-6-7-16(14-17(15)22)21-20(24)19-18(9-13-27-19)28(25,26)23-10-4-3-5-11-23/h6-7,9,13-14H,2-5,8,10-12H2,1H3,(H,21,24). The third-order valence-corrected chi connectivity index (χ3v) is 8.47. The zero-order valence-corrected chi connectivity index (χ0v) is 17.6. The molecule has 2 aliphatic heterocycles. The number of benzene rings is 1. The van der Waals surface area contributed by atoms with Gasteiger partial charge in [0.1, 0.15) is 9.77 Å². The fraction of sp³-hybridized carbons (Fsp3) is 0.450. The van der Waals surface area contributed by atoms with Crippen LogP contribution < -0.4 is 10.2 Å². The summed E-state index contributed by atoms with van der Waals surface area (Å²) in [7, 11) is -3.63. The zero-order valence-electron chi connectivity index (χ0n) is 16.0. The van der Waals surface area contributed by atoms with E-state index in [1.165, 1.54) is 21.2 Å². The smallest absolute Gasteiger partial charge is 0.267 e. The first-order valence-corrected chi connectivity index (χ1v) is 12.1. The first kappa shape index (κ1) is 19.4. The summed E-state index contributed by atoms with van der Waals surface area (Å²) in [4.78, 5) is 15.5. The van der Waals surface area contributed by atoms with Gasteiger partial charge in [0.2, 0.25) is 10.0 Å². The van der Waals surface area contributed by atoms with Crippen molar-refractivity contribution in [3.8, 4) is 0 Å². The summed E-state index contributed by atoms with van der Waals surface area (Å²) in [5.74, 6) is -0.369. The van der Waals surface area contributed by atoms with Crippen LogP contribution in [0.2, 0.25) is 0 Å². The average molecular weight is 420 g/mol. The Morgan fingerprint density at radius 2 is 1.93 bits per heavy atom. The van der Waals surface area contributed by atoms with Crippen molar-refractivity contribution in [1.29, 1.82) is 0 Å². The molecule has 0 bridgehead atoms. The number of sulfonamides is 1. The molecule has 2 aliphatic rings. The van der Waals surface area contributed by atoms with Crippen molar-refractivity contribution in [2.24, 2.45) is 0 Å². The van der Waals surface area contributed by atoms with Crippen molar-refractivity contribution in [3.63, 3.8) is 0 Å². The van der Waals surface area contributed by atoms with E-state index in [-0.39, 0.29) is 15.7 Å². The number of nitrogens with one attached hydrogen (secondary N) is 1. The van der Waals surface area contributed by atoms with E-state index < -0.39 is 10.0 Å². The van der Waals surface area contributed by atoms with Crippen molar-refractivity contribution in [2.75, 3.05) is 36.4 Å². The fourth-order valence-corrected chi connectivity index (χ4v) is 6.76. The van der Waals surface area contributed by atoms with Crippen molar-refractivity contribution in [2.45, 2.75) is 37.5 Å². The van der Waals surface area contributed by atoms with Crippen LogP contribution in [-0.4, -0.2) is 44.8 Å². The summed E-state index contributed by atoms with van der Waals surface area (Å²) in [6, 6.07) is 7.46. The number of hydrogen-bond donors (Lipinski definition) is 1. The SMILES string of the molecule is CCN1CCc2ccc(NC(=O)c3sccc3S(=O)(=O)N3CCCCC3)cc21. The van der Waals surface area contributed by atoms with Crippen LogP contribution in [0.4, 0.5) is 11.4 Å². The van der Waals surface area contributed by atoms with Crippen LogP contribution in [0.1, 0.15) is 41.4 Å². The van der Waals surface area contributed by atoms with Gasteiger partial charge in [-0.25, -0.2) is 8.42 Å². The Hall–Kier alpha value is -1.90. The molecule has 6 nitrogen and oxygen atoms in total. The van der Waals surface area contributed by atoms with E-state index in [0.717, 1.165) is 44.5 Å². The number of carbonyl (C=O) groups is 1.